The molecular weight excluding hydrogens is 356 g/mol. The Balaban J connectivity index is 2.11. The zero-order valence-electron chi connectivity index (χ0n) is 14.2. The first-order valence-electron chi connectivity index (χ1n) is 7.75. The fourth-order valence-corrected chi connectivity index (χ4v) is 3.09. The normalized spacial score (nSPS) is 10.2. The zero-order valence-corrected chi connectivity index (χ0v) is 15.0. The molecule has 0 fully saturated rings. The molecule has 1 aromatic heterocycles. The molecule has 0 aliphatic rings. The number of nitrogens with two attached hydrogens (primary N) is 2. The first kappa shape index (κ1) is 19.3. The predicted octanol–water partition coefficient (Wildman–Crippen LogP) is 1.18. The van der Waals surface area contributed by atoms with Crippen LogP contribution >= 0.6 is 11.3 Å². The SMILES string of the molecule is COc1ccc(N(CCC(N)=O)CC(=O)Nc2sccc2C(N)=O)cc1. The number of primary amides is 2. The first-order valence-corrected chi connectivity index (χ1v) is 8.63. The van der Waals surface area contributed by atoms with Crippen molar-refractivity contribution in [2.24, 2.45) is 11.5 Å². The Morgan fingerprint density at radius 2 is 1.85 bits per heavy atom. The van der Waals surface area contributed by atoms with Crippen LogP contribution in [-0.4, -0.2) is 37.9 Å². The van der Waals surface area contributed by atoms with Gasteiger partial charge < -0.3 is 26.4 Å². The molecule has 0 saturated heterocycles. The molecule has 2 aromatic rings. The van der Waals surface area contributed by atoms with Gasteiger partial charge in [0.25, 0.3) is 5.91 Å². The van der Waals surface area contributed by atoms with Crippen LogP contribution in [0.5, 0.6) is 5.75 Å². The van der Waals surface area contributed by atoms with E-state index in [0.717, 1.165) is 5.69 Å². The molecule has 138 valence electrons. The Bertz CT molecular complexity index is 788. The maximum Gasteiger partial charge on any atom is 0.251 e. The Labute approximate surface area is 154 Å². The van der Waals surface area contributed by atoms with Crippen molar-refractivity contribution in [3.63, 3.8) is 0 Å². The van der Waals surface area contributed by atoms with E-state index in [1.54, 1.807) is 47.7 Å². The van der Waals surface area contributed by atoms with Crippen LogP contribution in [0.15, 0.2) is 35.7 Å². The summed E-state index contributed by atoms with van der Waals surface area (Å²) in [5, 5.41) is 4.74. The van der Waals surface area contributed by atoms with Gasteiger partial charge in [0, 0.05) is 18.7 Å². The van der Waals surface area contributed by atoms with Gasteiger partial charge in [-0.15, -0.1) is 11.3 Å². The summed E-state index contributed by atoms with van der Waals surface area (Å²) in [4.78, 5) is 36.6. The minimum atomic E-state index is -0.609. The van der Waals surface area contributed by atoms with Crippen molar-refractivity contribution in [2.45, 2.75) is 6.42 Å². The topological polar surface area (TPSA) is 128 Å². The molecule has 0 bridgehead atoms. The van der Waals surface area contributed by atoms with Crippen LogP contribution in [0.3, 0.4) is 0 Å². The smallest absolute Gasteiger partial charge is 0.251 e. The number of thiophene rings is 1. The van der Waals surface area contributed by atoms with Crippen LogP contribution in [-0.2, 0) is 9.59 Å². The summed E-state index contributed by atoms with van der Waals surface area (Å²) in [5.41, 5.74) is 11.5. The highest BCUT2D eigenvalue weighted by Crippen LogP contribution is 2.23. The van der Waals surface area contributed by atoms with Crippen molar-refractivity contribution in [2.75, 3.05) is 30.4 Å². The fourth-order valence-electron chi connectivity index (χ4n) is 2.28. The van der Waals surface area contributed by atoms with E-state index in [1.807, 2.05) is 0 Å². The summed E-state index contributed by atoms with van der Waals surface area (Å²) in [6.45, 7) is 0.262. The molecular formula is C17H20N4O4S. The molecule has 0 unspecified atom stereocenters. The van der Waals surface area contributed by atoms with Gasteiger partial charge in [-0.3, -0.25) is 14.4 Å². The van der Waals surface area contributed by atoms with Crippen LogP contribution in [0.4, 0.5) is 10.7 Å². The van der Waals surface area contributed by atoms with Crippen molar-refractivity contribution in [1.82, 2.24) is 0 Å². The Morgan fingerprint density at radius 3 is 2.42 bits per heavy atom. The fraction of sp³-hybridized carbons (Fsp3) is 0.235. The van der Waals surface area contributed by atoms with Crippen molar-refractivity contribution >= 4 is 39.7 Å². The largest absolute Gasteiger partial charge is 0.497 e. The zero-order chi connectivity index (χ0) is 19.1. The maximum absolute atomic E-state index is 12.4. The average molecular weight is 376 g/mol. The van der Waals surface area contributed by atoms with Crippen molar-refractivity contribution in [3.05, 3.63) is 41.3 Å². The predicted molar refractivity (Wildman–Crippen MR) is 100 cm³/mol. The molecule has 5 N–H and O–H groups in total. The maximum atomic E-state index is 12.4. The second-order valence-corrected chi connectivity index (χ2v) is 6.33. The summed E-state index contributed by atoms with van der Waals surface area (Å²) in [7, 11) is 1.56. The number of carbonyl (C=O) groups is 3. The van der Waals surface area contributed by atoms with Gasteiger partial charge in [0.05, 0.1) is 19.2 Å². The van der Waals surface area contributed by atoms with E-state index in [2.05, 4.69) is 5.32 Å². The van der Waals surface area contributed by atoms with Gasteiger partial charge in [0.2, 0.25) is 11.8 Å². The molecule has 26 heavy (non-hydrogen) atoms. The third-order valence-electron chi connectivity index (χ3n) is 3.58. The van der Waals surface area contributed by atoms with Gasteiger partial charge in [-0.2, -0.15) is 0 Å². The second-order valence-electron chi connectivity index (χ2n) is 5.41. The highest BCUT2D eigenvalue weighted by molar-refractivity contribution is 7.14. The number of amides is 3. The highest BCUT2D eigenvalue weighted by atomic mass is 32.1. The van der Waals surface area contributed by atoms with E-state index in [0.29, 0.717) is 10.8 Å². The number of ether oxygens (including phenoxy) is 1. The molecule has 1 heterocycles. The van der Waals surface area contributed by atoms with Gasteiger partial charge in [-0.1, -0.05) is 0 Å². The lowest BCUT2D eigenvalue weighted by molar-refractivity contribution is -0.118. The number of anilines is 2. The first-order chi connectivity index (χ1) is 12.4. The lowest BCUT2D eigenvalue weighted by Gasteiger charge is -2.24. The standard InChI is InChI=1S/C17H20N4O4S/c1-25-12-4-2-11(3-5-12)21(8-6-14(18)22)10-15(23)20-17-13(16(19)24)7-9-26-17/h2-5,7,9H,6,8,10H2,1H3,(H2,18,22)(H2,19,24)(H,20,23). The number of rotatable bonds is 9. The van der Waals surface area contributed by atoms with Crippen LogP contribution in [0, 0.1) is 0 Å². The average Bonchev–Trinajstić information content (AvgIpc) is 3.07. The number of nitrogens with zero attached hydrogens (tertiary/aromatic N) is 1. The third kappa shape index (κ3) is 5.21. The van der Waals surface area contributed by atoms with Gasteiger partial charge in [0.15, 0.2) is 0 Å². The lowest BCUT2D eigenvalue weighted by Crippen LogP contribution is -2.35. The molecule has 9 heteroatoms. The van der Waals surface area contributed by atoms with E-state index < -0.39 is 11.8 Å². The van der Waals surface area contributed by atoms with Crippen molar-refractivity contribution < 1.29 is 19.1 Å². The molecule has 8 nitrogen and oxygen atoms in total. The number of nitrogens with one attached hydrogen (secondary N) is 1. The van der Waals surface area contributed by atoms with Gasteiger partial charge in [-0.25, -0.2) is 0 Å². The summed E-state index contributed by atoms with van der Waals surface area (Å²) < 4.78 is 5.12. The monoisotopic (exact) mass is 376 g/mol. The van der Waals surface area contributed by atoms with Crippen molar-refractivity contribution in [1.29, 1.82) is 0 Å². The molecule has 0 atom stereocenters. The Kier molecular flexibility index (Phi) is 6.56. The Hall–Kier alpha value is -3.07. The molecule has 0 spiro atoms. The molecule has 0 radical (unpaired) electrons. The summed E-state index contributed by atoms with van der Waals surface area (Å²) >= 11 is 1.21. The van der Waals surface area contributed by atoms with E-state index in [4.69, 9.17) is 16.2 Å². The van der Waals surface area contributed by atoms with Crippen molar-refractivity contribution in [3.8, 4) is 5.75 Å². The van der Waals surface area contributed by atoms with Crippen LogP contribution in [0.1, 0.15) is 16.8 Å². The molecule has 0 aliphatic carbocycles. The molecule has 2 rings (SSSR count). The lowest BCUT2D eigenvalue weighted by atomic mass is 10.2. The number of methoxy groups -OCH3 is 1. The van der Waals surface area contributed by atoms with Crippen LogP contribution in [0.25, 0.3) is 0 Å². The number of hydrogen-bond donors (Lipinski definition) is 3. The van der Waals surface area contributed by atoms with Crippen LogP contribution in [0.2, 0.25) is 0 Å². The summed E-state index contributed by atoms with van der Waals surface area (Å²) in [5.74, 6) is -0.728. The highest BCUT2D eigenvalue weighted by Gasteiger charge is 2.16. The van der Waals surface area contributed by atoms with Gasteiger partial charge >= 0.3 is 0 Å². The minimum Gasteiger partial charge on any atom is -0.497 e. The number of carbonyl (C=O) groups excluding carboxylic acids is 3. The number of benzene rings is 1. The van der Waals surface area contributed by atoms with E-state index in [-0.39, 0.29) is 31.0 Å². The molecule has 1 aromatic carbocycles. The summed E-state index contributed by atoms with van der Waals surface area (Å²) in [6, 6.07) is 8.64. The summed E-state index contributed by atoms with van der Waals surface area (Å²) in [6.07, 6.45) is 0.102. The second kappa shape index (κ2) is 8.86. The van der Waals surface area contributed by atoms with Crippen LogP contribution < -0.4 is 26.4 Å². The van der Waals surface area contributed by atoms with E-state index in [1.165, 1.54) is 11.3 Å². The quantitative estimate of drug-likeness (QED) is 0.605. The van der Waals surface area contributed by atoms with E-state index in [9.17, 15) is 14.4 Å². The Morgan fingerprint density at radius 1 is 1.15 bits per heavy atom. The minimum absolute atomic E-state index is 0.0181. The third-order valence-corrected chi connectivity index (χ3v) is 4.41. The van der Waals surface area contributed by atoms with Gasteiger partial charge in [-0.05, 0) is 35.7 Å². The molecule has 0 saturated carbocycles. The molecule has 3 amide bonds. The molecule has 0 aliphatic heterocycles. The van der Waals surface area contributed by atoms with Gasteiger partial charge in [0.1, 0.15) is 10.8 Å². The number of hydrogen-bond acceptors (Lipinski definition) is 6. The van der Waals surface area contributed by atoms with E-state index >= 15 is 0 Å².